The number of methoxy groups -OCH3 is 1. The lowest BCUT2D eigenvalue weighted by Gasteiger charge is -2.13. The Hall–Kier alpha value is -3.41. The first-order valence-electron chi connectivity index (χ1n) is 8.61. The lowest BCUT2D eigenvalue weighted by molar-refractivity contribution is 0.102. The first kappa shape index (κ1) is 18.4. The average Bonchev–Trinajstić information content (AvgIpc) is 2.65. The van der Waals surface area contributed by atoms with Crippen molar-refractivity contribution < 1.29 is 9.53 Å². The van der Waals surface area contributed by atoms with Gasteiger partial charge >= 0.3 is 0 Å². The predicted octanol–water partition coefficient (Wildman–Crippen LogP) is 4.41. The fourth-order valence-corrected chi connectivity index (χ4v) is 2.82. The van der Waals surface area contributed by atoms with Crippen molar-refractivity contribution in [1.29, 1.82) is 0 Å². The minimum absolute atomic E-state index is 0.280. The number of nitrogens with zero attached hydrogens (tertiary/aromatic N) is 2. The van der Waals surface area contributed by atoms with Gasteiger partial charge in [0.1, 0.15) is 23.1 Å². The molecule has 0 unspecified atom stereocenters. The summed E-state index contributed by atoms with van der Waals surface area (Å²) in [4.78, 5) is 21.4. The van der Waals surface area contributed by atoms with Gasteiger partial charge in [-0.15, -0.1) is 0 Å². The molecule has 27 heavy (non-hydrogen) atoms. The summed E-state index contributed by atoms with van der Waals surface area (Å²) in [5, 5.41) is 6.14. The minimum Gasteiger partial charge on any atom is -0.495 e. The number of aromatic nitrogens is 2. The maximum absolute atomic E-state index is 12.7. The second-order valence-corrected chi connectivity index (χ2v) is 6.23. The van der Waals surface area contributed by atoms with Crippen molar-refractivity contribution in [1.82, 2.24) is 9.97 Å². The smallest absolute Gasteiger partial charge is 0.274 e. The normalized spacial score (nSPS) is 10.4. The molecule has 3 rings (SSSR count). The van der Waals surface area contributed by atoms with Gasteiger partial charge in [0.25, 0.3) is 5.91 Å². The van der Waals surface area contributed by atoms with Crippen molar-refractivity contribution in [3.05, 3.63) is 71.2 Å². The van der Waals surface area contributed by atoms with E-state index in [-0.39, 0.29) is 11.6 Å². The highest BCUT2D eigenvalue weighted by Gasteiger charge is 2.14. The maximum Gasteiger partial charge on any atom is 0.274 e. The largest absolute Gasteiger partial charge is 0.495 e. The summed E-state index contributed by atoms with van der Waals surface area (Å²) >= 11 is 0. The van der Waals surface area contributed by atoms with Crippen LogP contribution in [0.4, 0.5) is 17.2 Å². The fraction of sp³-hybridized carbons (Fsp3) is 0.190. The van der Waals surface area contributed by atoms with Crippen LogP contribution in [-0.2, 0) is 0 Å². The van der Waals surface area contributed by atoms with Gasteiger partial charge in [0.15, 0.2) is 0 Å². The highest BCUT2D eigenvalue weighted by molar-refractivity contribution is 6.04. The first-order valence-corrected chi connectivity index (χ1v) is 8.61. The van der Waals surface area contributed by atoms with Crippen molar-refractivity contribution in [3.8, 4) is 5.75 Å². The molecule has 0 aliphatic rings. The number of carbonyl (C=O) groups is 1. The Morgan fingerprint density at radius 2 is 1.67 bits per heavy atom. The van der Waals surface area contributed by atoms with Crippen molar-refractivity contribution in [2.45, 2.75) is 20.8 Å². The number of benzene rings is 2. The zero-order chi connectivity index (χ0) is 19.4. The van der Waals surface area contributed by atoms with Gasteiger partial charge in [-0.05, 0) is 44.0 Å². The van der Waals surface area contributed by atoms with E-state index < -0.39 is 0 Å². The summed E-state index contributed by atoms with van der Waals surface area (Å²) in [5.74, 6) is 1.35. The van der Waals surface area contributed by atoms with Gasteiger partial charge in [0, 0.05) is 11.8 Å². The Labute approximate surface area is 158 Å². The van der Waals surface area contributed by atoms with E-state index in [1.54, 1.807) is 32.2 Å². The Bertz CT molecular complexity index is 965. The third-order valence-electron chi connectivity index (χ3n) is 4.16. The van der Waals surface area contributed by atoms with Gasteiger partial charge in [-0.3, -0.25) is 4.79 Å². The van der Waals surface area contributed by atoms with Crippen LogP contribution in [0.15, 0.2) is 48.5 Å². The zero-order valence-electron chi connectivity index (χ0n) is 15.8. The van der Waals surface area contributed by atoms with E-state index in [9.17, 15) is 4.79 Å². The highest BCUT2D eigenvalue weighted by atomic mass is 16.5. The van der Waals surface area contributed by atoms with Crippen LogP contribution < -0.4 is 15.4 Å². The molecule has 6 heteroatoms. The Balaban J connectivity index is 1.88. The number of hydrogen-bond acceptors (Lipinski definition) is 5. The maximum atomic E-state index is 12.7. The third kappa shape index (κ3) is 4.23. The molecular formula is C21H22N4O2. The topological polar surface area (TPSA) is 76.1 Å². The fourth-order valence-electron chi connectivity index (χ4n) is 2.82. The lowest BCUT2D eigenvalue weighted by atomic mass is 10.1. The predicted molar refractivity (Wildman–Crippen MR) is 107 cm³/mol. The molecule has 1 aromatic heterocycles. The molecule has 0 fully saturated rings. The summed E-state index contributed by atoms with van der Waals surface area (Å²) in [6.07, 6.45) is 0. The first-order chi connectivity index (χ1) is 13.0. The standard InChI is InChI=1S/C21H22N4O2/c1-13-8-7-9-14(2)20(13)25-19-12-17(22-15(3)23-19)21(26)24-16-10-5-6-11-18(16)27-4/h5-12H,1-4H3,(H,24,26)(H,22,23,25). The molecule has 0 atom stereocenters. The second-order valence-electron chi connectivity index (χ2n) is 6.23. The van der Waals surface area contributed by atoms with Crippen LogP contribution in [-0.4, -0.2) is 23.0 Å². The van der Waals surface area contributed by atoms with Gasteiger partial charge in [-0.1, -0.05) is 30.3 Å². The Morgan fingerprint density at radius 3 is 2.37 bits per heavy atom. The van der Waals surface area contributed by atoms with Crippen LogP contribution in [0.25, 0.3) is 0 Å². The number of amides is 1. The summed E-state index contributed by atoms with van der Waals surface area (Å²) in [6.45, 7) is 5.81. The van der Waals surface area contributed by atoms with Crippen molar-refractivity contribution in [3.63, 3.8) is 0 Å². The summed E-state index contributed by atoms with van der Waals surface area (Å²) in [5.41, 5.74) is 4.05. The van der Waals surface area contributed by atoms with Crippen molar-refractivity contribution in [2.75, 3.05) is 17.7 Å². The van der Waals surface area contributed by atoms with E-state index in [1.165, 1.54) is 0 Å². The molecule has 2 aromatic carbocycles. The van der Waals surface area contributed by atoms with E-state index in [0.29, 0.717) is 23.1 Å². The monoisotopic (exact) mass is 362 g/mol. The highest BCUT2D eigenvalue weighted by Crippen LogP contribution is 2.25. The number of rotatable bonds is 5. The number of para-hydroxylation sites is 3. The van der Waals surface area contributed by atoms with Crippen molar-refractivity contribution >= 4 is 23.1 Å². The quantitative estimate of drug-likeness (QED) is 0.703. The number of carbonyl (C=O) groups excluding carboxylic acids is 1. The molecule has 2 N–H and O–H groups in total. The van der Waals surface area contributed by atoms with E-state index in [0.717, 1.165) is 16.8 Å². The van der Waals surface area contributed by atoms with E-state index in [2.05, 4.69) is 20.6 Å². The zero-order valence-corrected chi connectivity index (χ0v) is 15.8. The molecule has 138 valence electrons. The van der Waals surface area contributed by atoms with Crippen LogP contribution in [0, 0.1) is 20.8 Å². The molecule has 0 spiro atoms. The van der Waals surface area contributed by atoms with Crippen molar-refractivity contribution in [2.24, 2.45) is 0 Å². The number of hydrogen-bond donors (Lipinski definition) is 2. The average molecular weight is 362 g/mol. The molecule has 0 bridgehead atoms. The van der Waals surface area contributed by atoms with Gasteiger partial charge < -0.3 is 15.4 Å². The number of anilines is 3. The Morgan fingerprint density at radius 1 is 0.963 bits per heavy atom. The van der Waals surface area contributed by atoms with Gasteiger partial charge in [-0.2, -0.15) is 0 Å². The molecule has 0 saturated heterocycles. The Kier molecular flexibility index (Phi) is 5.35. The SMILES string of the molecule is COc1ccccc1NC(=O)c1cc(Nc2c(C)cccc2C)nc(C)n1. The van der Waals surface area contributed by atoms with Crippen LogP contribution in [0.5, 0.6) is 5.75 Å². The summed E-state index contributed by atoms with van der Waals surface area (Å²) < 4.78 is 5.28. The number of ether oxygens (including phenoxy) is 1. The van der Waals surface area contributed by atoms with Gasteiger partial charge in [0.2, 0.25) is 0 Å². The molecule has 6 nitrogen and oxygen atoms in total. The summed E-state index contributed by atoms with van der Waals surface area (Å²) in [7, 11) is 1.56. The molecule has 3 aromatic rings. The summed E-state index contributed by atoms with van der Waals surface area (Å²) in [6, 6.07) is 14.9. The molecular weight excluding hydrogens is 340 g/mol. The molecule has 0 radical (unpaired) electrons. The van der Waals surface area contributed by atoms with Crippen LogP contribution in [0.3, 0.4) is 0 Å². The number of nitrogens with one attached hydrogen (secondary N) is 2. The van der Waals surface area contributed by atoms with Gasteiger partial charge in [-0.25, -0.2) is 9.97 Å². The van der Waals surface area contributed by atoms with E-state index >= 15 is 0 Å². The minimum atomic E-state index is -0.324. The van der Waals surface area contributed by atoms with Crippen LogP contribution >= 0.6 is 0 Å². The molecule has 0 saturated carbocycles. The lowest BCUT2D eigenvalue weighted by Crippen LogP contribution is -2.16. The second kappa shape index (κ2) is 7.86. The number of aryl methyl sites for hydroxylation is 3. The third-order valence-corrected chi connectivity index (χ3v) is 4.16. The van der Waals surface area contributed by atoms with E-state index in [4.69, 9.17) is 4.74 Å². The van der Waals surface area contributed by atoms with Crippen LogP contribution in [0.2, 0.25) is 0 Å². The van der Waals surface area contributed by atoms with Crippen LogP contribution in [0.1, 0.15) is 27.4 Å². The molecule has 1 amide bonds. The molecule has 0 aliphatic heterocycles. The van der Waals surface area contributed by atoms with Gasteiger partial charge in [0.05, 0.1) is 12.8 Å². The molecule has 1 heterocycles. The molecule has 0 aliphatic carbocycles. The van der Waals surface area contributed by atoms with E-state index in [1.807, 2.05) is 44.2 Å².